The quantitative estimate of drug-likeness (QED) is 0.644. The number of aromatic hydroxyl groups is 1. The number of hydrogen-bond donors (Lipinski definition) is 3. The first-order valence-corrected chi connectivity index (χ1v) is 3.43. The Morgan fingerprint density at radius 3 is 2.62 bits per heavy atom. The highest BCUT2D eigenvalue weighted by Gasteiger charge is 2.16. The van der Waals surface area contributed by atoms with Crippen molar-refractivity contribution >= 4 is 5.69 Å². The number of nitrogens with two attached hydrogens (primary N) is 1. The summed E-state index contributed by atoms with van der Waals surface area (Å²) in [5.74, 6) is -0.662. The minimum atomic E-state index is -2.88. The van der Waals surface area contributed by atoms with Gasteiger partial charge in [0.25, 0.3) is 6.43 Å². The molecule has 0 atom stereocenters. The third-order valence-corrected chi connectivity index (χ3v) is 1.50. The van der Waals surface area contributed by atoms with Crippen LogP contribution in [0.5, 0.6) is 5.75 Å². The van der Waals surface area contributed by atoms with Crippen LogP contribution in [0.15, 0.2) is 6.07 Å². The zero-order valence-electron chi connectivity index (χ0n) is 6.54. The van der Waals surface area contributed by atoms with Crippen LogP contribution in [0.3, 0.4) is 0 Å². The van der Waals surface area contributed by atoms with E-state index in [9.17, 15) is 8.78 Å². The summed E-state index contributed by atoms with van der Waals surface area (Å²) in [6.45, 7) is -0.536. The molecule has 0 bridgehead atoms. The number of pyridine rings is 1. The zero-order chi connectivity index (χ0) is 10.0. The van der Waals surface area contributed by atoms with Gasteiger partial charge in [0.15, 0.2) is 0 Å². The summed E-state index contributed by atoms with van der Waals surface area (Å²) < 4.78 is 24.3. The van der Waals surface area contributed by atoms with E-state index in [0.717, 1.165) is 6.07 Å². The van der Waals surface area contributed by atoms with Crippen molar-refractivity contribution in [1.29, 1.82) is 0 Å². The van der Waals surface area contributed by atoms with Crippen LogP contribution in [0.25, 0.3) is 0 Å². The van der Waals surface area contributed by atoms with Gasteiger partial charge in [-0.2, -0.15) is 0 Å². The Morgan fingerprint density at radius 1 is 1.54 bits per heavy atom. The maximum absolute atomic E-state index is 12.1. The molecule has 1 heterocycles. The molecule has 1 aromatic heterocycles. The highest BCUT2D eigenvalue weighted by atomic mass is 19.3. The summed E-state index contributed by atoms with van der Waals surface area (Å²) in [5, 5.41) is 17.6. The fourth-order valence-corrected chi connectivity index (χ4v) is 0.859. The van der Waals surface area contributed by atoms with E-state index in [2.05, 4.69) is 4.98 Å². The number of hydrogen-bond acceptors (Lipinski definition) is 4. The Bertz CT molecular complexity index is 318. The molecule has 0 spiro atoms. The molecule has 4 N–H and O–H groups in total. The summed E-state index contributed by atoms with van der Waals surface area (Å²) in [7, 11) is 0. The third kappa shape index (κ3) is 1.83. The van der Waals surface area contributed by atoms with Crippen molar-refractivity contribution in [3.05, 3.63) is 17.5 Å². The van der Waals surface area contributed by atoms with Crippen molar-refractivity contribution < 1.29 is 19.0 Å². The fraction of sp³-hybridized carbons (Fsp3) is 0.286. The van der Waals surface area contributed by atoms with Gasteiger partial charge in [0.1, 0.15) is 11.4 Å². The molecule has 0 amide bonds. The number of nitrogen functional groups attached to an aromatic ring is 1. The molecule has 1 rings (SSSR count). The molecule has 13 heavy (non-hydrogen) atoms. The van der Waals surface area contributed by atoms with Crippen molar-refractivity contribution in [2.45, 2.75) is 13.0 Å². The van der Waals surface area contributed by atoms with Crippen LogP contribution < -0.4 is 5.73 Å². The number of rotatable bonds is 2. The molecule has 0 aromatic carbocycles. The second kappa shape index (κ2) is 3.53. The van der Waals surface area contributed by atoms with Crippen LogP contribution in [0.1, 0.15) is 17.8 Å². The van der Waals surface area contributed by atoms with Gasteiger partial charge in [0.2, 0.25) is 0 Å². The first kappa shape index (κ1) is 9.66. The normalized spacial score (nSPS) is 10.8. The largest absolute Gasteiger partial charge is 0.506 e. The number of alkyl halides is 2. The second-order valence-electron chi connectivity index (χ2n) is 2.39. The summed E-state index contributed by atoms with van der Waals surface area (Å²) in [4.78, 5) is 3.31. The van der Waals surface area contributed by atoms with Crippen molar-refractivity contribution in [1.82, 2.24) is 4.98 Å². The van der Waals surface area contributed by atoms with Crippen LogP contribution >= 0.6 is 0 Å². The minimum absolute atomic E-state index is 0.00981. The maximum Gasteiger partial charge on any atom is 0.284 e. The highest BCUT2D eigenvalue weighted by Crippen LogP contribution is 2.28. The predicted octanol–water partition coefficient (Wildman–Crippen LogP) is 0.799. The zero-order valence-corrected chi connectivity index (χ0v) is 6.54. The van der Waals surface area contributed by atoms with Crippen molar-refractivity contribution in [3.8, 4) is 5.75 Å². The lowest BCUT2D eigenvalue weighted by Gasteiger charge is -2.06. The van der Waals surface area contributed by atoms with E-state index in [1.54, 1.807) is 0 Å². The van der Waals surface area contributed by atoms with Crippen molar-refractivity contribution in [3.63, 3.8) is 0 Å². The first-order valence-electron chi connectivity index (χ1n) is 3.43. The molecule has 6 heteroatoms. The average Bonchev–Trinajstić information content (AvgIpc) is 2.03. The van der Waals surface area contributed by atoms with Gasteiger partial charge in [-0.05, 0) is 0 Å². The molecular weight excluding hydrogens is 182 g/mol. The van der Waals surface area contributed by atoms with Crippen LogP contribution in [0.2, 0.25) is 0 Å². The van der Waals surface area contributed by atoms with E-state index in [1.807, 2.05) is 0 Å². The summed E-state index contributed by atoms with van der Waals surface area (Å²) in [6.07, 6.45) is -2.88. The smallest absolute Gasteiger partial charge is 0.284 e. The number of aliphatic hydroxyl groups is 1. The van der Waals surface area contributed by atoms with Gasteiger partial charge in [-0.25, -0.2) is 13.8 Å². The molecule has 0 aliphatic heterocycles. The van der Waals surface area contributed by atoms with E-state index in [-0.39, 0.29) is 11.4 Å². The first-order chi connectivity index (χ1) is 6.06. The van der Waals surface area contributed by atoms with Crippen LogP contribution in [0.4, 0.5) is 14.5 Å². The monoisotopic (exact) mass is 190 g/mol. The lowest BCUT2D eigenvalue weighted by molar-refractivity contribution is 0.141. The molecule has 4 nitrogen and oxygen atoms in total. The fourth-order valence-electron chi connectivity index (χ4n) is 0.859. The van der Waals surface area contributed by atoms with Gasteiger partial charge >= 0.3 is 0 Å². The second-order valence-corrected chi connectivity index (χ2v) is 2.39. The molecule has 0 saturated carbocycles. The SMILES string of the molecule is Nc1cc(O)c(C(F)F)nc1CO. The lowest BCUT2D eigenvalue weighted by Crippen LogP contribution is -2.02. The Hall–Kier alpha value is -1.43. The molecule has 0 unspecified atom stereocenters. The summed E-state index contributed by atoms with van der Waals surface area (Å²) in [6, 6.07) is 0.944. The molecule has 0 aliphatic carbocycles. The average molecular weight is 190 g/mol. The molecule has 1 aromatic rings. The number of halogens is 2. The van der Waals surface area contributed by atoms with Gasteiger partial charge in [0.05, 0.1) is 18.0 Å². The Balaban J connectivity index is 3.22. The van der Waals surface area contributed by atoms with E-state index < -0.39 is 24.5 Å². The third-order valence-electron chi connectivity index (χ3n) is 1.50. The number of aromatic nitrogens is 1. The summed E-state index contributed by atoms with van der Waals surface area (Å²) >= 11 is 0. The van der Waals surface area contributed by atoms with Crippen LogP contribution in [-0.4, -0.2) is 15.2 Å². The van der Waals surface area contributed by atoms with Crippen LogP contribution in [-0.2, 0) is 6.61 Å². The topological polar surface area (TPSA) is 79.4 Å². The predicted molar refractivity (Wildman–Crippen MR) is 41.2 cm³/mol. The van der Waals surface area contributed by atoms with Gasteiger partial charge in [-0.1, -0.05) is 0 Å². The van der Waals surface area contributed by atoms with Gasteiger partial charge in [-0.3, -0.25) is 0 Å². The van der Waals surface area contributed by atoms with E-state index >= 15 is 0 Å². The number of aliphatic hydroxyl groups excluding tert-OH is 1. The molecule has 0 fully saturated rings. The Labute approximate surface area is 72.6 Å². The molecule has 72 valence electrons. The van der Waals surface area contributed by atoms with E-state index in [0.29, 0.717) is 0 Å². The molecule has 0 aliphatic rings. The van der Waals surface area contributed by atoms with Gasteiger partial charge in [0, 0.05) is 6.07 Å². The lowest BCUT2D eigenvalue weighted by atomic mass is 10.2. The van der Waals surface area contributed by atoms with E-state index in [4.69, 9.17) is 15.9 Å². The Morgan fingerprint density at radius 2 is 2.15 bits per heavy atom. The van der Waals surface area contributed by atoms with Crippen molar-refractivity contribution in [2.24, 2.45) is 0 Å². The van der Waals surface area contributed by atoms with E-state index in [1.165, 1.54) is 0 Å². The Kier molecular flexibility index (Phi) is 2.62. The standard InChI is InChI=1S/C7H8F2N2O2/c8-7(9)6-5(13)1-3(10)4(2-12)11-6/h1,7,12-13H,2,10H2. The minimum Gasteiger partial charge on any atom is -0.506 e. The van der Waals surface area contributed by atoms with Gasteiger partial charge in [-0.15, -0.1) is 0 Å². The highest BCUT2D eigenvalue weighted by molar-refractivity contribution is 5.49. The van der Waals surface area contributed by atoms with Gasteiger partial charge < -0.3 is 15.9 Å². The van der Waals surface area contributed by atoms with Crippen LogP contribution in [0, 0.1) is 0 Å². The van der Waals surface area contributed by atoms with Crippen molar-refractivity contribution in [2.75, 3.05) is 5.73 Å². The maximum atomic E-state index is 12.1. The number of nitrogens with zero attached hydrogens (tertiary/aromatic N) is 1. The molecule has 0 saturated heterocycles. The number of anilines is 1. The summed E-state index contributed by atoms with van der Waals surface area (Å²) in [5.41, 5.74) is 4.44. The molecular formula is C7H8F2N2O2. The molecule has 0 radical (unpaired) electrons.